The van der Waals surface area contributed by atoms with Crippen LogP contribution in [0.25, 0.3) is 0 Å². The Labute approximate surface area is 74.5 Å². The zero-order chi connectivity index (χ0) is 8.32. The molecule has 1 fully saturated rings. The fourth-order valence-corrected chi connectivity index (χ4v) is 2.63. The molecule has 1 aliphatic carbocycles. The Morgan fingerprint density at radius 1 is 1.27 bits per heavy atom. The van der Waals surface area contributed by atoms with Crippen LogP contribution in [0.3, 0.4) is 0 Å². The van der Waals surface area contributed by atoms with Crippen LogP contribution < -0.4 is 0 Å². The summed E-state index contributed by atoms with van der Waals surface area (Å²) in [7, 11) is 0. The SMILES string of the molecule is FC(F)CC1(CBr)CCCC1. The molecule has 66 valence electrons. The van der Waals surface area contributed by atoms with Crippen molar-refractivity contribution in [2.75, 3.05) is 5.33 Å². The summed E-state index contributed by atoms with van der Waals surface area (Å²) >= 11 is 3.33. The molecular weight excluding hydrogens is 214 g/mol. The van der Waals surface area contributed by atoms with E-state index >= 15 is 0 Å². The Balaban J connectivity index is 2.45. The first-order valence-corrected chi connectivity index (χ1v) is 5.15. The summed E-state index contributed by atoms with van der Waals surface area (Å²) in [6.45, 7) is 0. The number of halogens is 3. The van der Waals surface area contributed by atoms with Gasteiger partial charge in [-0.2, -0.15) is 0 Å². The van der Waals surface area contributed by atoms with E-state index in [1.807, 2.05) is 0 Å². The molecule has 0 aromatic rings. The molecule has 0 N–H and O–H groups in total. The van der Waals surface area contributed by atoms with E-state index in [0.29, 0.717) is 0 Å². The molecule has 0 atom stereocenters. The summed E-state index contributed by atoms with van der Waals surface area (Å²) in [4.78, 5) is 0. The smallest absolute Gasteiger partial charge is 0.211 e. The maximum absolute atomic E-state index is 12.1. The topological polar surface area (TPSA) is 0 Å². The second-order valence-corrected chi connectivity index (χ2v) is 4.00. The second kappa shape index (κ2) is 3.83. The molecule has 1 aliphatic rings. The van der Waals surface area contributed by atoms with E-state index in [-0.39, 0.29) is 11.8 Å². The predicted octanol–water partition coefficient (Wildman–Crippen LogP) is 3.60. The van der Waals surface area contributed by atoms with Gasteiger partial charge < -0.3 is 0 Å². The fourth-order valence-electron chi connectivity index (χ4n) is 1.84. The first-order chi connectivity index (χ1) is 5.18. The molecule has 0 aromatic heterocycles. The van der Waals surface area contributed by atoms with Gasteiger partial charge in [0.25, 0.3) is 0 Å². The summed E-state index contributed by atoms with van der Waals surface area (Å²) in [6, 6.07) is 0. The molecule has 1 saturated carbocycles. The minimum Gasteiger partial charge on any atom is -0.211 e. The van der Waals surface area contributed by atoms with Crippen LogP contribution >= 0.6 is 15.9 Å². The molecule has 0 amide bonds. The zero-order valence-corrected chi connectivity index (χ0v) is 8.04. The van der Waals surface area contributed by atoms with E-state index in [1.54, 1.807) is 0 Å². The maximum atomic E-state index is 12.1. The lowest BCUT2D eigenvalue weighted by atomic mass is 9.85. The van der Waals surface area contributed by atoms with Crippen LogP contribution in [0.4, 0.5) is 8.78 Å². The summed E-state index contributed by atoms with van der Waals surface area (Å²) in [5, 5.41) is 0.740. The molecule has 0 aromatic carbocycles. The van der Waals surface area contributed by atoms with E-state index in [1.165, 1.54) is 0 Å². The van der Waals surface area contributed by atoms with Gasteiger partial charge in [-0.3, -0.25) is 0 Å². The third-order valence-electron chi connectivity index (χ3n) is 2.54. The van der Waals surface area contributed by atoms with Crippen LogP contribution in [0.5, 0.6) is 0 Å². The van der Waals surface area contributed by atoms with Gasteiger partial charge in [0.15, 0.2) is 0 Å². The molecule has 0 radical (unpaired) electrons. The molecule has 0 spiro atoms. The average molecular weight is 227 g/mol. The van der Waals surface area contributed by atoms with Crippen molar-refractivity contribution in [2.45, 2.75) is 38.5 Å². The molecule has 0 saturated heterocycles. The van der Waals surface area contributed by atoms with E-state index in [0.717, 1.165) is 31.0 Å². The highest BCUT2D eigenvalue weighted by atomic mass is 79.9. The lowest BCUT2D eigenvalue weighted by Crippen LogP contribution is -2.21. The first-order valence-electron chi connectivity index (χ1n) is 4.03. The van der Waals surface area contributed by atoms with Crippen LogP contribution in [0.15, 0.2) is 0 Å². The van der Waals surface area contributed by atoms with E-state index in [4.69, 9.17) is 0 Å². The standard InChI is InChI=1S/C8H13BrF2/c9-6-8(5-7(10)11)3-1-2-4-8/h7H,1-6H2. The Kier molecular flexibility index (Phi) is 3.29. The Morgan fingerprint density at radius 2 is 1.82 bits per heavy atom. The van der Waals surface area contributed by atoms with Crippen molar-refractivity contribution in [1.29, 1.82) is 0 Å². The fraction of sp³-hybridized carbons (Fsp3) is 1.00. The highest BCUT2D eigenvalue weighted by Gasteiger charge is 2.35. The van der Waals surface area contributed by atoms with Crippen molar-refractivity contribution in [1.82, 2.24) is 0 Å². The molecule has 0 heterocycles. The molecule has 0 unspecified atom stereocenters. The summed E-state index contributed by atoms with van der Waals surface area (Å²) in [5.41, 5.74) is -0.0752. The Morgan fingerprint density at radius 3 is 2.18 bits per heavy atom. The molecule has 0 aliphatic heterocycles. The quantitative estimate of drug-likeness (QED) is 0.646. The maximum Gasteiger partial charge on any atom is 0.239 e. The number of hydrogen-bond acceptors (Lipinski definition) is 0. The van der Waals surface area contributed by atoms with Gasteiger partial charge in [0, 0.05) is 11.8 Å². The highest BCUT2D eigenvalue weighted by molar-refractivity contribution is 9.09. The third kappa shape index (κ3) is 2.39. The van der Waals surface area contributed by atoms with Crippen molar-refractivity contribution in [3.05, 3.63) is 0 Å². The van der Waals surface area contributed by atoms with Gasteiger partial charge in [0.05, 0.1) is 0 Å². The lowest BCUT2D eigenvalue weighted by molar-refractivity contribution is 0.0849. The number of hydrogen-bond donors (Lipinski definition) is 0. The van der Waals surface area contributed by atoms with Crippen LogP contribution in [-0.2, 0) is 0 Å². The molecule has 3 heteroatoms. The van der Waals surface area contributed by atoms with Gasteiger partial charge in [-0.25, -0.2) is 8.78 Å². The van der Waals surface area contributed by atoms with Crippen molar-refractivity contribution in [3.63, 3.8) is 0 Å². The largest absolute Gasteiger partial charge is 0.239 e. The zero-order valence-electron chi connectivity index (χ0n) is 6.45. The van der Waals surface area contributed by atoms with Gasteiger partial charge in [-0.15, -0.1) is 0 Å². The van der Waals surface area contributed by atoms with E-state index < -0.39 is 6.43 Å². The first kappa shape index (κ1) is 9.43. The van der Waals surface area contributed by atoms with Gasteiger partial charge in [-0.05, 0) is 18.3 Å². The van der Waals surface area contributed by atoms with Crippen molar-refractivity contribution in [3.8, 4) is 0 Å². The van der Waals surface area contributed by atoms with Crippen LogP contribution in [0.1, 0.15) is 32.1 Å². The minimum atomic E-state index is -2.13. The Hall–Kier alpha value is 0.340. The van der Waals surface area contributed by atoms with Crippen LogP contribution in [0, 0.1) is 5.41 Å². The van der Waals surface area contributed by atoms with Crippen molar-refractivity contribution in [2.24, 2.45) is 5.41 Å². The molecule has 1 rings (SSSR count). The third-order valence-corrected chi connectivity index (χ3v) is 3.72. The van der Waals surface area contributed by atoms with E-state index in [2.05, 4.69) is 15.9 Å². The number of rotatable bonds is 3. The highest BCUT2D eigenvalue weighted by Crippen LogP contribution is 2.43. The monoisotopic (exact) mass is 226 g/mol. The normalized spacial score (nSPS) is 22.9. The van der Waals surface area contributed by atoms with Crippen LogP contribution in [0.2, 0.25) is 0 Å². The van der Waals surface area contributed by atoms with Gasteiger partial charge in [0.2, 0.25) is 6.43 Å². The molecular formula is C8H13BrF2. The van der Waals surface area contributed by atoms with Gasteiger partial charge in [-0.1, -0.05) is 28.8 Å². The Bertz CT molecular complexity index is 119. The predicted molar refractivity (Wildman–Crippen MR) is 45.3 cm³/mol. The lowest BCUT2D eigenvalue weighted by Gasteiger charge is -2.25. The van der Waals surface area contributed by atoms with Gasteiger partial charge in [0.1, 0.15) is 0 Å². The van der Waals surface area contributed by atoms with Gasteiger partial charge >= 0.3 is 0 Å². The van der Waals surface area contributed by atoms with Crippen molar-refractivity contribution < 1.29 is 8.78 Å². The number of alkyl halides is 3. The second-order valence-electron chi connectivity index (χ2n) is 3.44. The minimum absolute atomic E-state index is 0.0752. The molecule has 11 heavy (non-hydrogen) atoms. The van der Waals surface area contributed by atoms with Crippen LogP contribution in [-0.4, -0.2) is 11.8 Å². The van der Waals surface area contributed by atoms with Crippen molar-refractivity contribution >= 4 is 15.9 Å². The molecule has 0 nitrogen and oxygen atoms in total. The summed E-state index contributed by atoms with van der Waals surface area (Å²) in [5.74, 6) is 0. The summed E-state index contributed by atoms with van der Waals surface area (Å²) in [6.07, 6.45) is 2.14. The molecule has 0 bridgehead atoms. The summed E-state index contributed by atoms with van der Waals surface area (Å²) < 4.78 is 24.2. The average Bonchev–Trinajstić information content (AvgIpc) is 2.36. The van der Waals surface area contributed by atoms with E-state index in [9.17, 15) is 8.78 Å².